The Bertz CT molecular complexity index is 371. The molecule has 21 heavy (non-hydrogen) atoms. The third-order valence-electron chi connectivity index (χ3n) is 3.81. The molecule has 0 bridgehead atoms. The summed E-state index contributed by atoms with van der Waals surface area (Å²) in [5.74, 6) is -2.98. The molecule has 0 radical (unpaired) electrons. The summed E-state index contributed by atoms with van der Waals surface area (Å²) >= 11 is 0. The van der Waals surface area contributed by atoms with Gasteiger partial charge in [-0.2, -0.15) is 13.2 Å². The van der Waals surface area contributed by atoms with Crippen molar-refractivity contribution in [1.29, 1.82) is 0 Å². The van der Waals surface area contributed by atoms with E-state index in [1.54, 1.807) is 13.8 Å². The molecule has 1 amide bonds. The minimum Gasteiger partial charge on any atom is -0.465 e. The number of esters is 1. The molecule has 1 saturated carbocycles. The molecule has 0 heterocycles. The number of ether oxygens (including phenoxy) is 1. The first-order valence-corrected chi connectivity index (χ1v) is 7.30. The van der Waals surface area contributed by atoms with E-state index in [0.717, 1.165) is 0 Å². The lowest BCUT2D eigenvalue weighted by Gasteiger charge is -2.32. The van der Waals surface area contributed by atoms with Crippen molar-refractivity contribution in [2.75, 3.05) is 19.7 Å². The van der Waals surface area contributed by atoms with E-state index in [1.807, 2.05) is 0 Å². The maximum Gasteiger partial charge on any atom is 0.391 e. The Morgan fingerprint density at radius 1 is 1.24 bits per heavy atom. The number of hydrogen-bond donors (Lipinski definition) is 0. The summed E-state index contributed by atoms with van der Waals surface area (Å²) in [7, 11) is 0. The Morgan fingerprint density at radius 2 is 1.90 bits per heavy atom. The number of nitrogens with zero attached hydrogens (tertiary/aromatic N) is 1. The predicted octanol–water partition coefficient (Wildman–Crippen LogP) is 2.77. The van der Waals surface area contributed by atoms with Crippen molar-refractivity contribution in [3.05, 3.63) is 0 Å². The second-order valence-electron chi connectivity index (χ2n) is 5.26. The highest BCUT2D eigenvalue weighted by atomic mass is 19.4. The van der Waals surface area contributed by atoms with Gasteiger partial charge in [-0.1, -0.05) is 6.42 Å². The molecule has 0 N–H and O–H groups in total. The van der Waals surface area contributed by atoms with Crippen molar-refractivity contribution < 1.29 is 27.5 Å². The molecule has 1 aliphatic carbocycles. The first kappa shape index (κ1) is 17.8. The van der Waals surface area contributed by atoms with Crippen molar-refractivity contribution in [1.82, 2.24) is 4.90 Å². The molecular formula is C14H22F3NO3. The average Bonchev–Trinajstić information content (AvgIpc) is 2.43. The number of carbonyl (C=O) groups is 2. The summed E-state index contributed by atoms with van der Waals surface area (Å²) in [4.78, 5) is 25.0. The molecule has 7 heteroatoms. The van der Waals surface area contributed by atoms with Gasteiger partial charge >= 0.3 is 12.1 Å². The van der Waals surface area contributed by atoms with E-state index in [1.165, 1.54) is 4.90 Å². The molecule has 0 spiro atoms. The number of amides is 1. The van der Waals surface area contributed by atoms with Gasteiger partial charge < -0.3 is 9.64 Å². The smallest absolute Gasteiger partial charge is 0.391 e. The molecule has 0 aromatic heterocycles. The standard InChI is InChI=1S/C14H22F3NO3/c1-3-18(9-12(19)21-4-2)13(20)10-6-5-7-11(8-10)14(15,16)17/h10-11H,3-9H2,1-2H3. The minimum absolute atomic E-state index is 0.0806. The fourth-order valence-electron chi connectivity index (χ4n) is 2.68. The van der Waals surface area contributed by atoms with Crippen molar-refractivity contribution >= 4 is 11.9 Å². The zero-order valence-corrected chi connectivity index (χ0v) is 12.4. The average molecular weight is 309 g/mol. The summed E-state index contributed by atoms with van der Waals surface area (Å²) in [5.41, 5.74) is 0. The van der Waals surface area contributed by atoms with Crippen LogP contribution in [0.4, 0.5) is 13.2 Å². The van der Waals surface area contributed by atoms with Crippen molar-refractivity contribution in [3.63, 3.8) is 0 Å². The van der Waals surface area contributed by atoms with Crippen molar-refractivity contribution in [2.45, 2.75) is 45.7 Å². The van der Waals surface area contributed by atoms with E-state index in [2.05, 4.69) is 0 Å². The summed E-state index contributed by atoms with van der Waals surface area (Å²) in [6.45, 7) is 3.65. The summed E-state index contributed by atoms with van der Waals surface area (Å²) in [6.07, 6.45) is -3.52. The molecule has 1 aliphatic rings. The second kappa shape index (κ2) is 7.66. The van der Waals surface area contributed by atoms with E-state index in [9.17, 15) is 22.8 Å². The summed E-state index contributed by atoms with van der Waals surface area (Å²) in [6, 6.07) is 0. The van der Waals surface area contributed by atoms with Gasteiger partial charge in [0.25, 0.3) is 0 Å². The van der Waals surface area contributed by atoms with E-state index >= 15 is 0 Å². The fraction of sp³-hybridized carbons (Fsp3) is 0.857. The summed E-state index contributed by atoms with van der Waals surface area (Å²) < 4.78 is 43.1. The lowest BCUT2D eigenvalue weighted by atomic mass is 9.80. The van der Waals surface area contributed by atoms with Crippen molar-refractivity contribution in [2.24, 2.45) is 11.8 Å². The number of rotatable bonds is 5. The first-order chi connectivity index (χ1) is 9.79. The first-order valence-electron chi connectivity index (χ1n) is 7.30. The molecule has 4 nitrogen and oxygen atoms in total. The van der Waals surface area contributed by atoms with Crippen LogP contribution in [0.3, 0.4) is 0 Å². The normalized spacial score (nSPS) is 22.7. The zero-order chi connectivity index (χ0) is 16.0. The van der Waals surface area contributed by atoms with Gasteiger partial charge in [0.05, 0.1) is 12.5 Å². The Hall–Kier alpha value is -1.27. The number of halogens is 3. The molecule has 0 aliphatic heterocycles. The Kier molecular flexibility index (Phi) is 6.48. The highest BCUT2D eigenvalue weighted by Gasteiger charge is 2.44. The Morgan fingerprint density at radius 3 is 2.43 bits per heavy atom. The van der Waals surface area contributed by atoms with Gasteiger partial charge in [0.15, 0.2) is 0 Å². The van der Waals surface area contributed by atoms with E-state index in [4.69, 9.17) is 4.74 Å². The Balaban J connectivity index is 2.65. The van der Waals surface area contributed by atoms with Gasteiger partial charge in [-0.25, -0.2) is 0 Å². The highest BCUT2D eigenvalue weighted by molar-refractivity contribution is 5.83. The maximum absolute atomic E-state index is 12.8. The third kappa shape index (κ3) is 5.21. The van der Waals surface area contributed by atoms with Crippen molar-refractivity contribution in [3.8, 4) is 0 Å². The molecule has 2 unspecified atom stereocenters. The minimum atomic E-state index is -4.25. The highest BCUT2D eigenvalue weighted by Crippen LogP contribution is 2.40. The second-order valence-corrected chi connectivity index (χ2v) is 5.26. The van der Waals surface area contributed by atoms with Gasteiger partial charge in [-0.3, -0.25) is 9.59 Å². The molecule has 1 rings (SSSR count). The number of carbonyl (C=O) groups excluding carboxylic acids is 2. The number of likely N-dealkylation sites (N-methyl/N-ethyl adjacent to an activating group) is 1. The van der Waals surface area contributed by atoms with E-state index < -0.39 is 24.0 Å². The Labute approximate surface area is 122 Å². The SMILES string of the molecule is CCOC(=O)CN(CC)C(=O)C1CCCC(C(F)(F)F)C1. The lowest BCUT2D eigenvalue weighted by molar-refractivity contribution is -0.187. The lowest BCUT2D eigenvalue weighted by Crippen LogP contribution is -2.42. The fourth-order valence-corrected chi connectivity index (χ4v) is 2.68. The van der Waals surface area contributed by atoms with Gasteiger partial charge in [0.2, 0.25) is 5.91 Å². The van der Waals surface area contributed by atoms with Crippen LogP contribution < -0.4 is 0 Å². The zero-order valence-electron chi connectivity index (χ0n) is 12.4. The quantitative estimate of drug-likeness (QED) is 0.734. The van der Waals surface area contributed by atoms with Crippen LogP contribution in [-0.4, -0.2) is 42.6 Å². The summed E-state index contributed by atoms with van der Waals surface area (Å²) in [5, 5.41) is 0. The number of alkyl halides is 3. The molecule has 2 atom stereocenters. The van der Waals surface area contributed by atoms with Crippen LogP contribution >= 0.6 is 0 Å². The molecule has 122 valence electrons. The largest absolute Gasteiger partial charge is 0.465 e. The molecule has 1 fully saturated rings. The van der Waals surface area contributed by atoms with Crippen LogP contribution in [0, 0.1) is 11.8 Å². The maximum atomic E-state index is 12.8. The van der Waals surface area contributed by atoms with Gasteiger partial charge in [-0.15, -0.1) is 0 Å². The number of hydrogen-bond acceptors (Lipinski definition) is 3. The van der Waals surface area contributed by atoms with Crippen LogP contribution in [-0.2, 0) is 14.3 Å². The van der Waals surface area contributed by atoms with E-state index in [0.29, 0.717) is 12.8 Å². The predicted molar refractivity (Wildman–Crippen MR) is 70.4 cm³/mol. The van der Waals surface area contributed by atoms with Crippen LogP contribution in [0.15, 0.2) is 0 Å². The third-order valence-corrected chi connectivity index (χ3v) is 3.81. The van der Waals surface area contributed by atoms with Crippen LogP contribution in [0.2, 0.25) is 0 Å². The van der Waals surface area contributed by atoms with Gasteiger partial charge in [-0.05, 0) is 33.1 Å². The van der Waals surface area contributed by atoms with Gasteiger partial charge in [0, 0.05) is 12.5 Å². The van der Waals surface area contributed by atoms with Gasteiger partial charge in [0.1, 0.15) is 6.54 Å². The van der Waals surface area contributed by atoms with Crippen LogP contribution in [0.25, 0.3) is 0 Å². The van der Waals surface area contributed by atoms with Crippen LogP contribution in [0.5, 0.6) is 0 Å². The molecule has 0 saturated heterocycles. The van der Waals surface area contributed by atoms with E-state index in [-0.39, 0.29) is 38.4 Å². The monoisotopic (exact) mass is 309 g/mol. The molecule has 0 aromatic rings. The van der Waals surface area contributed by atoms with Crippen LogP contribution in [0.1, 0.15) is 39.5 Å². The topological polar surface area (TPSA) is 46.6 Å². The molecular weight excluding hydrogens is 287 g/mol. The molecule has 0 aromatic carbocycles.